The van der Waals surface area contributed by atoms with E-state index >= 15 is 0 Å². The SMILES string of the molecule is O=C(O)[C@@H]1CC(=CCl)CN1C(=O)O. The lowest BCUT2D eigenvalue weighted by Crippen LogP contribution is -2.39. The molecule has 0 spiro atoms. The average molecular weight is 206 g/mol. The summed E-state index contributed by atoms with van der Waals surface area (Å²) in [6, 6.07) is -0.998. The van der Waals surface area contributed by atoms with Crippen molar-refractivity contribution in [2.24, 2.45) is 0 Å². The van der Waals surface area contributed by atoms with Gasteiger partial charge in [0.05, 0.1) is 0 Å². The molecular weight excluding hydrogens is 198 g/mol. The van der Waals surface area contributed by atoms with Gasteiger partial charge < -0.3 is 10.2 Å². The van der Waals surface area contributed by atoms with Gasteiger partial charge in [-0.2, -0.15) is 0 Å². The summed E-state index contributed by atoms with van der Waals surface area (Å²) in [7, 11) is 0. The quantitative estimate of drug-likeness (QED) is 0.668. The van der Waals surface area contributed by atoms with Crippen molar-refractivity contribution in [1.29, 1.82) is 0 Å². The van der Waals surface area contributed by atoms with Gasteiger partial charge in [0.2, 0.25) is 0 Å². The van der Waals surface area contributed by atoms with E-state index in [4.69, 9.17) is 21.8 Å². The van der Waals surface area contributed by atoms with Gasteiger partial charge in [-0.3, -0.25) is 4.90 Å². The van der Waals surface area contributed by atoms with Crippen LogP contribution in [0.3, 0.4) is 0 Å². The normalized spacial score (nSPS) is 25.2. The third-order valence-electron chi connectivity index (χ3n) is 1.89. The van der Waals surface area contributed by atoms with E-state index in [1.807, 2.05) is 0 Å². The fraction of sp³-hybridized carbons (Fsp3) is 0.429. The molecular formula is C7H8ClNO4. The van der Waals surface area contributed by atoms with Crippen LogP contribution in [0.5, 0.6) is 0 Å². The fourth-order valence-corrected chi connectivity index (χ4v) is 1.41. The Morgan fingerprint density at radius 1 is 1.54 bits per heavy atom. The molecule has 1 amide bonds. The van der Waals surface area contributed by atoms with E-state index < -0.39 is 18.1 Å². The maximum Gasteiger partial charge on any atom is 0.408 e. The lowest BCUT2D eigenvalue weighted by atomic mass is 10.2. The van der Waals surface area contributed by atoms with Gasteiger partial charge in [-0.1, -0.05) is 11.6 Å². The van der Waals surface area contributed by atoms with Gasteiger partial charge in [-0.05, 0) is 5.57 Å². The molecule has 0 aliphatic carbocycles. The maximum atomic E-state index is 10.6. The molecule has 0 unspecified atom stereocenters. The third kappa shape index (κ3) is 1.92. The van der Waals surface area contributed by atoms with E-state index in [-0.39, 0.29) is 13.0 Å². The van der Waals surface area contributed by atoms with Crippen LogP contribution in [0.2, 0.25) is 0 Å². The Hall–Kier alpha value is -1.23. The molecule has 1 aliphatic rings. The van der Waals surface area contributed by atoms with Crippen LogP contribution in [0.4, 0.5) is 4.79 Å². The summed E-state index contributed by atoms with van der Waals surface area (Å²) in [4.78, 5) is 22.0. The molecule has 5 nitrogen and oxygen atoms in total. The van der Waals surface area contributed by atoms with Crippen molar-refractivity contribution in [1.82, 2.24) is 4.90 Å². The second-order valence-electron chi connectivity index (χ2n) is 2.74. The van der Waals surface area contributed by atoms with Crippen LogP contribution in [-0.4, -0.2) is 39.8 Å². The largest absolute Gasteiger partial charge is 0.480 e. The molecule has 2 N–H and O–H groups in total. The smallest absolute Gasteiger partial charge is 0.408 e. The van der Waals surface area contributed by atoms with Gasteiger partial charge >= 0.3 is 12.1 Å². The number of amides is 1. The number of carboxylic acid groups (broad SMARTS) is 2. The molecule has 0 radical (unpaired) electrons. The molecule has 0 bridgehead atoms. The Morgan fingerprint density at radius 2 is 2.15 bits per heavy atom. The minimum Gasteiger partial charge on any atom is -0.480 e. The lowest BCUT2D eigenvalue weighted by molar-refractivity contribution is -0.141. The summed E-state index contributed by atoms with van der Waals surface area (Å²) in [5.41, 5.74) is 1.86. The molecule has 0 saturated carbocycles. The summed E-state index contributed by atoms with van der Waals surface area (Å²) in [5.74, 6) is -1.14. The number of aliphatic carboxylic acids is 1. The van der Waals surface area contributed by atoms with Gasteiger partial charge in [0, 0.05) is 18.5 Å². The lowest BCUT2D eigenvalue weighted by Gasteiger charge is -2.16. The molecule has 0 aromatic rings. The average Bonchev–Trinajstić information content (AvgIpc) is 2.47. The zero-order valence-electron chi connectivity index (χ0n) is 6.61. The van der Waals surface area contributed by atoms with Crippen molar-refractivity contribution in [3.05, 3.63) is 11.1 Å². The van der Waals surface area contributed by atoms with E-state index in [0.29, 0.717) is 5.57 Å². The van der Waals surface area contributed by atoms with Gasteiger partial charge in [-0.25, -0.2) is 9.59 Å². The third-order valence-corrected chi connectivity index (χ3v) is 2.20. The highest BCUT2D eigenvalue weighted by molar-refractivity contribution is 6.25. The van der Waals surface area contributed by atoms with E-state index in [1.165, 1.54) is 5.54 Å². The molecule has 0 aromatic heterocycles. The van der Waals surface area contributed by atoms with Crippen molar-refractivity contribution < 1.29 is 19.8 Å². The highest BCUT2D eigenvalue weighted by Gasteiger charge is 2.36. The summed E-state index contributed by atoms with van der Waals surface area (Å²) in [6.07, 6.45) is -1.06. The second kappa shape index (κ2) is 3.66. The van der Waals surface area contributed by atoms with Crippen LogP contribution in [0.25, 0.3) is 0 Å². The molecule has 72 valence electrons. The van der Waals surface area contributed by atoms with E-state index in [9.17, 15) is 9.59 Å². The topological polar surface area (TPSA) is 77.8 Å². The number of carbonyl (C=O) groups is 2. The molecule has 1 heterocycles. The number of hydrogen-bond acceptors (Lipinski definition) is 2. The molecule has 1 saturated heterocycles. The first-order valence-corrected chi connectivity index (χ1v) is 4.00. The predicted octanol–water partition coefficient (Wildman–Crippen LogP) is 0.946. The monoisotopic (exact) mass is 205 g/mol. The minimum absolute atomic E-state index is 0.0792. The first kappa shape index (κ1) is 9.85. The number of nitrogens with zero attached hydrogens (tertiary/aromatic N) is 1. The molecule has 0 aromatic carbocycles. The van der Waals surface area contributed by atoms with E-state index in [0.717, 1.165) is 4.90 Å². The fourth-order valence-electron chi connectivity index (χ4n) is 1.25. The van der Waals surface area contributed by atoms with Crippen LogP contribution >= 0.6 is 11.6 Å². The van der Waals surface area contributed by atoms with Crippen molar-refractivity contribution in [2.75, 3.05) is 6.54 Å². The Labute approximate surface area is 79.2 Å². The molecule has 1 rings (SSSR count). The first-order valence-electron chi connectivity index (χ1n) is 3.56. The predicted molar refractivity (Wildman–Crippen MR) is 44.7 cm³/mol. The Kier molecular flexibility index (Phi) is 2.77. The van der Waals surface area contributed by atoms with Crippen molar-refractivity contribution in [3.63, 3.8) is 0 Å². The molecule has 6 heteroatoms. The zero-order valence-corrected chi connectivity index (χ0v) is 7.36. The summed E-state index contributed by atoms with van der Waals surface area (Å²) >= 11 is 5.37. The molecule has 13 heavy (non-hydrogen) atoms. The number of hydrogen-bond donors (Lipinski definition) is 2. The number of carboxylic acids is 1. The Bertz CT molecular complexity index is 252. The van der Waals surface area contributed by atoms with Crippen LogP contribution in [-0.2, 0) is 4.79 Å². The van der Waals surface area contributed by atoms with Crippen molar-refractivity contribution in [3.8, 4) is 0 Å². The Balaban J connectivity index is 2.83. The van der Waals surface area contributed by atoms with Gasteiger partial charge in [0.15, 0.2) is 0 Å². The van der Waals surface area contributed by atoms with Gasteiger partial charge in [0.25, 0.3) is 0 Å². The second-order valence-corrected chi connectivity index (χ2v) is 2.95. The standard InChI is InChI=1S/C7H8ClNO4/c8-2-4-1-5(6(10)11)9(3-4)7(12)13/h2,5H,1,3H2,(H,10,11)(H,12,13)/t5-/m0/s1. The zero-order chi connectivity index (χ0) is 10.0. The van der Waals surface area contributed by atoms with E-state index in [1.54, 1.807) is 0 Å². The first-order chi connectivity index (χ1) is 6.06. The summed E-state index contributed by atoms with van der Waals surface area (Å²) in [6.45, 7) is 0.0792. The van der Waals surface area contributed by atoms with Gasteiger partial charge in [0.1, 0.15) is 6.04 Å². The highest BCUT2D eigenvalue weighted by Crippen LogP contribution is 2.23. The van der Waals surface area contributed by atoms with Crippen LogP contribution in [0.1, 0.15) is 6.42 Å². The number of likely N-dealkylation sites (tertiary alicyclic amines) is 1. The highest BCUT2D eigenvalue weighted by atomic mass is 35.5. The molecule has 1 atom stereocenters. The number of rotatable bonds is 1. The van der Waals surface area contributed by atoms with Crippen LogP contribution in [0.15, 0.2) is 11.1 Å². The maximum absolute atomic E-state index is 10.6. The van der Waals surface area contributed by atoms with Gasteiger partial charge in [-0.15, -0.1) is 0 Å². The van der Waals surface area contributed by atoms with Crippen molar-refractivity contribution in [2.45, 2.75) is 12.5 Å². The summed E-state index contributed by atoms with van der Waals surface area (Å²) < 4.78 is 0. The number of halogens is 1. The Morgan fingerprint density at radius 3 is 2.46 bits per heavy atom. The van der Waals surface area contributed by atoms with E-state index in [2.05, 4.69) is 0 Å². The van der Waals surface area contributed by atoms with Crippen LogP contribution in [0, 0.1) is 0 Å². The summed E-state index contributed by atoms with van der Waals surface area (Å²) in [5, 5.41) is 17.3. The molecule has 1 aliphatic heterocycles. The van der Waals surface area contributed by atoms with Crippen molar-refractivity contribution >= 4 is 23.7 Å². The molecule has 1 fully saturated rings. The minimum atomic E-state index is -1.24. The van der Waals surface area contributed by atoms with Crippen LogP contribution < -0.4 is 0 Å².